The summed E-state index contributed by atoms with van der Waals surface area (Å²) in [4.78, 5) is 57.7. The summed E-state index contributed by atoms with van der Waals surface area (Å²) in [5, 5.41) is 31.2. The van der Waals surface area contributed by atoms with Crippen molar-refractivity contribution in [3.05, 3.63) is 110 Å². The van der Waals surface area contributed by atoms with Gasteiger partial charge in [0, 0.05) is 89.8 Å². The van der Waals surface area contributed by atoms with Gasteiger partial charge in [0.1, 0.15) is 11.6 Å². The van der Waals surface area contributed by atoms with E-state index in [2.05, 4.69) is 92.4 Å². The largest absolute Gasteiger partial charge is 0.478 e. The van der Waals surface area contributed by atoms with Crippen molar-refractivity contribution >= 4 is 45.9 Å². The number of nitrogens with zero attached hydrogens (tertiary/aromatic N) is 8. The van der Waals surface area contributed by atoms with E-state index in [1.165, 1.54) is 11.0 Å². The molecule has 0 aliphatic carbocycles. The average molecular weight is 915 g/mol. The lowest BCUT2D eigenvalue weighted by Crippen LogP contribution is -2.44. The number of para-hydroxylation sites is 4. The van der Waals surface area contributed by atoms with Crippen LogP contribution in [0.25, 0.3) is 22.1 Å². The van der Waals surface area contributed by atoms with Crippen LogP contribution in [0.4, 0.5) is 0 Å². The molecule has 4 aromatic rings. The first-order valence-electron chi connectivity index (χ1n) is 20.2. The second kappa shape index (κ2) is 32.5. The summed E-state index contributed by atoms with van der Waals surface area (Å²) in [5.41, 5.74) is 4.53. The molecule has 360 valence electrons. The number of carbonyl (C=O) groups is 4. The van der Waals surface area contributed by atoms with Crippen LogP contribution < -0.4 is 0 Å². The highest BCUT2D eigenvalue weighted by Crippen LogP contribution is 2.19. The normalized spacial score (nSPS) is 14.3. The van der Waals surface area contributed by atoms with Crippen molar-refractivity contribution in [1.82, 2.24) is 38.7 Å². The molecular weight excluding hydrogens is 849 g/mol. The Morgan fingerprint density at radius 2 is 0.862 bits per heavy atom. The lowest BCUT2D eigenvalue weighted by Gasteiger charge is -2.32. The number of ether oxygens (including phenoxy) is 2. The van der Waals surface area contributed by atoms with Gasteiger partial charge in [0.25, 0.3) is 0 Å². The summed E-state index contributed by atoms with van der Waals surface area (Å²) in [5.74, 6) is -2.75. The van der Waals surface area contributed by atoms with E-state index in [9.17, 15) is 19.2 Å². The SMILES string of the molecule is C=CCOCCn1c(CN2CCN(C)CC2)nc2ccccc21.C=CCOCCn1c(CN2CCN(C)CC2)nc2ccccc21.O.O.O.O=C(O)/C=C/C(=O)O.O=C(O)/C=C/C(=O)O. The van der Waals surface area contributed by atoms with Gasteiger partial charge >= 0.3 is 23.9 Å². The molecule has 0 bridgehead atoms. The van der Waals surface area contributed by atoms with Crippen LogP contribution in [0.15, 0.2) is 98.1 Å². The number of hydrogen-bond acceptors (Lipinski definition) is 12. The number of imidazole rings is 2. The molecule has 2 saturated heterocycles. The average Bonchev–Trinajstić information content (AvgIpc) is 3.78. The van der Waals surface area contributed by atoms with Crippen molar-refractivity contribution in [2.45, 2.75) is 26.2 Å². The van der Waals surface area contributed by atoms with E-state index >= 15 is 0 Å². The van der Waals surface area contributed by atoms with E-state index < -0.39 is 23.9 Å². The van der Waals surface area contributed by atoms with Gasteiger partial charge < -0.3 is 65.3 Å². The quantitative estimate of drug-likeness (QED) is 0.0613. The second-order valence-electron chi connectivity index (χ2n) is 14.2. The van der Waals surface area contributed by atoms with E-state index in [0.717, 1.165) is 101 Å². The molecule has 65 heavy (non-hydrogen) atoms. The number of piperazine rings is 2. The second-order valence-corrected chi connectivity index (χ2v) is 14.2. The predicted octanol–water partition coefficient (Wildman–Crippen LogP) is 0.922. The van der Waals surface area contributed by atoms with Crippen LogP contribution in [0.2, 0.25) is 0 Å². The minimum Gasteiger partial charge on any atom is -0.478 e. The number of hydrogen-bond donors (Lipinski definition) is 4. The zero-order chi connectivity index (χ0) is 45.3. The fourth-order valence-corrected chi connectivity index (χ4v) is 6.33. The maximum Gasteiger partial charge on any atom is 0.328 e. The molecule has 4 heterocycles. The summed E-state index contributed by atoms with van der Waals surface area (Å²) in [7, 11) is 4.37. The summed E-state index contributed by atoms with van der Waals surface area (Å²) in [6, 6.07) is 16.7. The Morgan fingerprint density at radius 3 is 1.15 bits per heavy atom. The van der Waals surface area contributed by atoms with Crippen LogP contribution in [-0.4, -0.2) is 192 Å². The van der Waals surface area contributed by atoms with E-state index in [-0.39, 0.29) is 16.4 Å². The third kappa shape index (κ3) is 22.4. The Kier molecular flexibility index (Phi) is 29.4. The standard InChI is InChI=1S/2C18H26N4O.2C4H4O4.3H2O/c2*1-3-13-23-14-12-22-17-7-5-4-6-16(17)19-18(22)15-21-10-8-20(2)9-11-21;2*5-3(6)1-2-4(7)8;;;/h2*3-7H,1,8-15H2,2H3;2*1-2H,(H,5,6)(H,7,8);3*1H2/b;;2*2-1+;;;. The lowest BCUT2D eigenvalue weighted by molar-refractivity contribution is -0.134. The first kappa shape index (κ1) is 58.9. The Hall–Kier alpha value is -6.14. The van der Waals surface area contributed by atoms with Crippen molar-refractivity contribution in [3.8, 4) is 0 Å². The number of rotatable bonds is 18. The van der Waals surface area contributed by atoms with E-state index in [0.29, 0.717) is 50.7 Å². The molecule has 2 aromatic carbocycles. The third-order valence-electron chi connectivity index (χ3n) is 9.52. The van der Waals surface area contributed by atoms with Crippen molar-refractivity contribution in [1.29, 1.82) is 0 Å². The summed E-state index contributed by atoms with van der Waals surface area (Å²) >= 11 is 0. The summed E-state index contributed by atoms with van der Waals surface area (Å²) in [6.45, 7) is 22.3. The molecule has 21 heteroatoms. The molecule has 0 amide bonds. The van der Waals surface area contributed by atoms with Gasteiger partial charge in [0.15, 0.2) is 0 Å². The highest BCUT2D eigenvalue weighted by atomic mass is 16.5. The number of carboxylic acids is 4. The molecular formula is C44H66N8O13. The number of aromatic nitrogens is 4. The Morgan fingerprint density at radius 1 is 0.554 bits per heavy atom. The number of likely N-dealkylation sites (N-methyl/N-ethyl adjacent to an activating group) is 2. The van der Waals surface area contributed by atoms with Crippen molar-refractivity contribution in [2.24, 2.45) is 0 Å². The van der Waals surface area contributed by atoms with Gasteiger partial charge in [-0.3, -0.25) is 9.80 Å². The fourth-order valence-electron chi connectivity index (χ4n) is 6.33. The number of carboxylic acid groups (broad SMARTS) is 4. The molecule has 2 aliphatic heterocycles. The fraction of sp³-hybridized carbons (Fsp3) is 0.409. The van der Waals surface area contributed by atoms with Crippen molar-refractivity contribution in [3.63, 3.8) is 0 Å². The first-order valence-corrected chi connectivity index (χ1v) is 20.2. The van der Waals surface area contributed by atoms with E-state index in [4.69, 9.17) is 39.9 Å². The molecule has 2 aliphatic rings. The molecule has 0 saturated carbocycles. The first-order chi connectivity index (χ1) is 29.8. The molecule has 0 radical (unpaired) electrons. The maximum absolute atomic E-state index is 9.55. The molecule has 0 spiro atoms. The maximum atomic E-state index is 9.55. The third-order valence-corrected chi connectivity index (χ3v) is 9.52. The van der Waals surface area contributed by atoms with Gasteiger partial charge in [-0.1, -0.05) is 36.4 Å². The zero-order valence-electron chi connectivity index (χ0n) is 37.1. The van der Waals surface area contributed by atoms with Crippen molar-refractivity contribution in [2.75, 3.05) is 92.9 Å². The monoisotopic (exact) mass is 914 g/mol. The van der Waals surface area contributed by atoms with Crippen LogP contribution in [0.3, 0.4) is 0 Å². The van der Waals surface area contributed by atoms with Crippen LogP contribution in [-0.2, 0) is 54.8 Å². The minimum absolute atomic E-state index is 0. The highest BCUT2D eigenvalue weighted by molar-refractivity contribution is 5.90. The number of benzene rings is 2. The molecule has 2 fully saturated rings. The predicted molar refractivity (Wildman–Crippen MR) is 247 cm³/mol. The van der Waals surface area contributed by atoms with Gasteiger partial charge in [-0.05, 0) is 38.4 Å². The topological polar surface area (TPSA) is 311 Å². The van der Waals surface area contributed by atoms with Crippen LogP contribution in [0.5, 0.6) is 0 Å². The van der Waals surface area contributed by atoms with Gasteiger partial charge in [-0.2, -0.15) is 0 Å². The zero-order valence-corrected chi connectivity index (χ0v) is 37.1. The van der Waals surface area contributed by atoms with Crippen LogP contribution in [0, 0.1) is 0 Å². The Bertz CT molecular complexity index is 1920. The smallest absolute Gasteiger partial charge is 0.328 e. The molecule has 10 N–H and O–H groups in total. The summed E-state index contributed by atoms with van der Waals surface area (Å²) in [6.07, 6.45) is 5.81. The van der Waals surface area contributed by atoms with Gasteiger partial charge in [0.05, 0.1) is 61.6 Å². The van der Waals surface area contributed by atoms with Crippen LogP contribution >= 0.6 is 0 Å². The minimum atomic E-state index is -1.26. The summed E-state index contributed by atoms with van der Waals surface area (Å²) < 4.78 is 15.8. The number of aliphatic carboxylic acids is 4. The van der Waals surface area contributed by atoms with Crippen molar-refractivity contribution < 1.29 is 65.5 Å². The Labute approximate surface area is 378 Å². The number of fused-ring (bicyclic) bond motifs is 2. The Balaban J connectivity index is 0.000000919. The van der Waals surface area contributed by atoms with Gasteiger partial charge in [0.2, 0.25) is 0 Å². The molecule has 0 unspecified atom stereocenters. The molecule has 6 rings (SSSR count). The molecule has 21 nitrogen and oxygen atoms in total. The highest BCUT2D eigenvalue weighted by Gasteiger charge is 2.19. The van der Waals surface area contributed by atoms with E-state index in [1.54, 1.807) is 12.2 Å². The molecule has 2 aromatic heterocycles. The van der Waals surface area contributed by atoms with Crippen LogP contribution in [0.1, 0.15) is 11.6 Å². The van der Waals surface area contributed by atoms with E-state index in [1.807, 2.05) is 12.1 Å². The van der Waals surface area contributed by atoms with Gasteiger partial charge in [-0.15, -0.1) is 13.2 Å². The van der Waals surface area contributed by atoms with Gasteiger partial charge in [-0.25, -0.2) is 29.1 Å². The molecule has 0 atom stereocenters. The lowest BCUT2D eigenvalue weighted by atomic mass is 10.3.